The van der Waals surface area contributed by atoms with Gasteiger partial charge in [-0.05, 0) is 6.42 Å². The molecular weight excluding hydrogens is 234 g/mol. The van der Waals surface area contributed by atoms with E-state index in [0.29, 0.717) is 12.1 Å². The second kappa shape index (κ2) is 4.52. The zero-order valence-electron chi connectivity index (χ0n) is 8.66. The Morgan fingerprint density at radius 1 is 1.62 bits per heavy atom. The number of carboxylic acids is 1. The summed E-state index contributed by atoms with van der Waals surface area (Å²) in [5.41, 5.74) is 0.549. The molecule has 16 heavy (non-hydrogen) atoms. The summed E-state index contributed by atoms with van der Waals surface area (Å²) in [5, 5.41) is 12.9. The smallest absolute Gasteiger partial charge is 0.326 e. The Balaban J connectivity index is 0.00000128. The molecule has 1 atom stereocenters. The van der Waals surface area contributed by atoms with Crippen LogP contribution in [-0.2, 0) is 16.6 Å². The summed E-state index contributed by atoms with van der Waals surface area (Å²) in [7, 11) is 1.72. The van der Waals surface area contributed by atoms with E-state index in [0.717, 1.165) is 0 Å². The minimum absolute atomic E-state index is 0. The average Bonchev–Trinajstić information content (AvgIpc) is 2.71. The Bertz CT molecular complexity index is 418. The van der Waals surface area contributed by atoms with Gasteiger partial charge in [-0.3, -0.25) is 14.4 Å². The van der Waals surface area contributed by atoms with Crippen molar-refractivity contribution in [2.75, 3.05) is 4.90 Å². The first-order valence-corrected chi connectivity index (χ1v) is 4.63. The number of aliphatic carboxylic acids is 1. The fourth-order valence-electron chi connectivity index (χ4n) is 1.77. The van der Waals surface area contributed by atoms with Gasteiger partial charge >= 0.3 is 5.97 Å². The van der Waals surface area contributed by atoms with Crippen molar-refractivity contribution in [3.05, 3.63) is 12.4 Å². The average molecular weight is 246 g/mol. The molecule has 0 spiro atoms. The van der Waals surface area contributed by atoms with E-state index in [1.165, 1.54) is 11.1 Å². The zero-order valence-corrected chi connectivity index (χ0v) is 9.48. The van der Waals surface area contributed by atoms with Crippen molar-refractivity contribution >= 4 is 30.0 Å². The molecule has 0 bridgehead atoms. The molecule has 1 amide bonds. The predicted octanol–water partition coefficient (Wildman–Crippen LogP) is 0.422. The van der Waals surface area contributed by atoms with Crippen molar-refractivity contribution in [1.82, 2.24) is 9.78 Å². The number of amides is 1. The van der Waals surface area contributed by atoms with Crippen LogP contribution in [0.3, 0.4) is 0 Å². The van der Waals surface area contributed by atoms with E-state index in [9.17, 15) is 9.59 Å². The third kappa shape index (κ3) is 2.01. The van der Waals surface area contributed by atoms with Gasteiger partial charge in [0.15, 0.2) is 0 Å². The van der Waals surface area contributed by atoms with Crippen LogP contribution in [0.25, 0.3) is 0 Å². The molecule has 0 radical (unpaired) electrons. The fourth-order valence-corrected chi connectivity index (χ4v) is 1.77. The Morgan fingerprint density at radius 2 is 2.31 bits per heavy atom. The SMILES string of the molecule is Cl.Cn1cc(N2C(=O)CCC2C(=O)O)cn1. The van der Waals surface area contributed by atoms with Crippen molar-refractivity contribution in [2.45, 2.75) is 18.9 Å². The van der Waals surface area contributed by atoms with E-state index in [4.69, 9.17) is 5.11 Å². The molecule has 1 aromatic heterocycles. The fraction of sp³-hybridized carbons (Fsp3) is 0.444. The van der Waals surface area contributed by atoms with Gasteiger partial charge in [0, 0.05) is 19.7 Å². The summed E-state index contributed by atoms with van der Waals surface area (Å²) in [6.07, 6.45) is 3.78. The lowest BCUT2D eigenvalue weighted by atomic mass is 10.2. The molecular formula is C9H12ClN3O3. The number of carbonyl (C=O) groups is 2. The first kappa shape index (κ1) is 12.5. The highest BCUT2D eigenvalue weighted by atomic mass is 35.5. The van der Waals surface area contributed by atoms with Crippen molar-refractivity contribution in [3.63, 3.8) is 0 Å². The Hall–Kier alpha value is -1.56. The maximum Gasteiger partial charge on any atom is 0.326 e. The minimum Gasteiger partial charge on any atom is -0.480 e. The van der Waals surface area contributed by atoms with Crippen LogP contribution in [0, 0.1) is 0 Å². The van der Waals surface area contributed by atoms with Crippen LogP contribution in [0.5, 0.6) is 0 Å². The number of rotatable bonds is 2. The molecule has 0 aliphatic carbocycles. The lowest BCUT2D eigenvalue weighted by Crippen LogP contribution is -2.38. The van der Waals surface area contributed by atoms with Crippen molar-refractivity contribution in [2.24, 2.45) is 7.05 Å². The van der Waals surface area contributed by atoms with Crippen LogP contribution in [0.1, 0.15) is 12.8 Å². The third-order valence-electron chi connectivity index (χ3n) is 2.47. The highest BCUT2D eigenvalue weighted by Crippen LogP contribution is 2.25. The van der Waals surface area contributed by atoms with Gasteiger partial charge in [-0.1, -0.05) is 0 Å². The van der Waals surface area contributed by atoms with Gasteiger partial charge in [-0.15, -0.1) is 12.4 Å². The van der Waals surface area contributed by atoms with Gasteiger partial charge in [0.25, 0.3) is 0 Å². The number of anilines is 1. The molecule has 1 unspecified atom stereocenters. The molecule has 1 saturated heterocycles. The Labute approximate surface area is 98.3 Å². The molecule has 7 heteroatoms. The summed E-state index contributed by atoms with van der Waals surface area (Å²) < 4.78 is 1.54. The highest BCUT2D eigenvalue weighted by Gasteiger charge is 2.37. The predicted molar refractivity (Wildman–Crippen MR) is 58.6 cm³/mol. The molecule has 0 saturated carbocycles. The lowest BCUT2D eigenvalue weighted by Gasteiger charge is -2.19. The zero-order chi connectivity index (χ0) is 11.0. The number of aryl methyl sites for hydroxylation is 1. The van der Waals surface area contributed by atoms with Crippen LogP contribution in [0.15, 0.2) is 12.4 Å². The number of nitrogens with zero attached hydrogens (tertiary/aromatic N) is 3. The van der Waals surface area contributed by atoms with Crippen molar-refractivity contribution in [1.29, 1.82) is 0 Å². The number of halogens is 1. The normalized spacial score (nSPS) is 19.7. The van der Waals surface area contributed by atoms with Gasteiger partial charge in [-0.25, -0.2) is 4.79 Å². The monoisotopic (exact) mass is 245 g/mol. The second-order valence-electron chi connectivity index (χ2n) is 3.53. The summed E-state index contributed by atoms with van der Waals surface area (Å²) in [5.74, 6) is -1.12. The number of carboxylic acid groups (broad SMARTS) is 1. The largest absolute Gasteiger partial charge is 0.480 e. The third-order valence-corrected chi connectivity index (χ3v) is 2.47. The summed E-state index contributed by atoms with van der Waals surface area (Å²) >= 11 is 0. The van der Waals surface area contributed by atoms with Crippen LogP contribution < -0.4 is 4.90 Å². The van der Waals surface area contributed by atoms with Gasteiger partial charge in [0.1, 0.15) is 6.04 Å². The highest BCUT2D eigenvalue weighted by molar-refractivity contribution is 6.01. The number of hydrogen-bond acceptors (Lipinski definition) is 3. The summed E-state index contributed by atoms with van der Waals surface area (Å²) in [6, 6.07) is -0.748. The Morgan fingerprint density at radius 3 is 2.81 bits per heavy atom. The molecule has 1 aromatic rings. The van der Waals surface area contributed by atoms with Crippen molar-refractivity contribution < 1.29 is 14.7 Å². The van der Waals surface area contributed by atoms with Crippen LogP contribution >= 0.6 is 12.4 Å². The minimum atomic E-state index is -0.968. The molecule has 1 N–H and O–H groups in total. The number of carbonyl (C=O) groups excluding carboxylic acids is 1. The van der Waals surface area contributed by atoms with Gasteiger partial charge in [-0.2, -0.15) is 5.10 Å². The van der Waals surface area contributed by atoms with Crippen LogP contribution in [0.4, 0.5) is 5.69 Å². The van der Waals surface area contributed by atoms with E-state index in [1.807, 2.05) is 0 Å². The summed E-state index contributed by atoms with van der Waals surface area (Å²) in [4.78, 5) is 23.7. The van der Waals surface area contributed by atoms with E-state index in [2.05, 4.69) is 5.10 Å². The number of aromatic nitrogens is 2. The van der Waals surface area contributed by atoms with Gasteiger partial charge in [0.2, 0.25) is 5.91 Å². The Kier molecular flexibility index (Phi) is 3.54. The molecule has 2 rings (SSSR count). The van der Waals surface area contributed by atoms with Gasteiger partial charge in [0.05, 0.1) is 11.9 Å². The molecule has 2 heterocycles. The first-order chi connectivity index (χ1) is 7.09. The molecule has 1 fully saturated rings. The van der Waals surface area contributed by atoms with Gasteiger partial charge < -0.3 is 5.11 Å². The molecule has 1 aliphatic rings. The quantitative estimate of drug-likeness (QED) is 0.820. The number of hydrogen-bond donors (Lipinski definition) is 1. The van der Waals surface area contributed by atoms with E-state index in [1.54, 1.807) is 17.9 Å². The van der Waals surface area contributed by atoms with E-state index < -0.39 is 12.0 Å². The lowest BCUT2D eigenvalue weighted by molar-refractivity contribution is -0.138. The van der Waals surface area contributed by atoms with Crippen molar-refractivity contribution in [3.8, 4) is 0 Å². The maximum atomic E-state index is 11.5. The molecule has 88 valence electrons. The van der Waals surface area contributed by atoms with Crippen LogP contribution in [-0.4, -0.2) is 32.8 Å². The van der Waals surface area contributed by atoms with E-state index >= 15 is 0 Å². The summed E-state index contributed by atoms with van der Waals surface area (Å²) in [6.45, 7) is 0. The molecule has 1 aliphatic heterocycles. The van der Waals surface area contributed by atoms with E-state index in [-0.39, 0.29) is 24.7 Å². The standard InChI is InChI=1S/C9H11N3O3.ClH/c1-11-5-6(4-10-11)12-7(9(14)15)2-3-8(12)13;/h4-5,7H,2-3H2,1H3,(H,14,15);1H. The topological polar surface area (TPSA) is 75.4 Å². The molecule has 0 aromatic carbocycles. The first-order valence-electron chi connectivity index (χ1n) is 4.63. The van der Waals surface area contributed by atoms with Crippen LogP contribution in [0.2, 0.25) is 0 Å². The maximum absolute atomic E-state index is 11.5. The molecule has 6 nitrogen and oxygen atoms in total. The second-order valence-corrected chi connectivity index (χ2v) is 3.53.